The van der Waals surface area contributed by atoms with Crippen molar-refractivity contribution in [3.05, 3.63) is 99.4 Å². The largest absolute Gasteiger partial charge is 0.345 e. The third-order valence-electron chi connectivity index (χ3n) is 6.26. The molecule has 4 nitrogen and oxygen atoms in total. The highest BCUT2D eigenvalue weighted by atomic mass is 16.1. The lowest BCUT2D eigenvalue weighted by atomic mass is 9.94. The first-order chi connectivity index (χ1) is 14.8. The maximum Gasteiger partial charge on any atom is 0.251 e. The number of hydrogen-bond acceptors (Lipinski definition) is 2. The molecule has 0 radical (unpaired) electrons. The summed E-state index contributed by atoms with van der Waals surface area (Å²) in [6.07, 6.45) is 0. The summed E-state index contributed by atoms with van der Waals surface area (Å²) in [6, 6.07) is 18.1. The van der Waals surface area contributed by atoms with Crippen molar-refractivity contribution in [3.63, 3.8) is 0 Å². The molecule has 0 aliphatic carbocycles. The minimum Gasteiger partial charge on any atom is -0.345 e. The van der Waals surface area contributed by atoms with E-state index in [-0.39, 0.29) is 5.91 Å². The number of rotatable bonds is 5. The Bertz CT molecular complexity index is 1260. The number of aromatic nitrogens is 2. The average Bonchev–Trinajstić information content (AvgIpc) is 3.11. The van der Waals surface area contributed by atoms with Crippen LogP contribution in [0.4, 0.5) is 0 Å². The second kappa shape index (κ2) is 8.38. The van der Waals surface area contributed by atoms with E-state index in [2.05, 4.69) is 49.7 Å². The molecule has 31 heavy (non-hydrogen) atoms. The molecule has 3 aromatic carbocycles. The molecule has 0 spiro atoms. The fourth-order valence-corrected chi connectivity index (χ4v) is 4.18. The van der Waals surface area contributed by atoms with Crippen molar-refractivity contribution in [1.82, 2.24) is 14.9 Å². The first-order valence-electron chi connectivity index (χ1n) is 10.7. The van der Waals surface area contributed by atoms with Gasteiger partial charge >= 0.3 is 0 Å². The molecule has 4 rings (SSSR count). The number of imidazole rings is 1. The van der Waals surface area contributed by atoms with E-state index in [1.165, 1.54) is 27.8 Å². The Morgan fingerprint density at radius 3 is 2.32 bits per heavy atom. The molecular weight excluding hydrogens is 382 g/mol. The van der Waals surface area contributed by atoms with Gasteiger partial charge in [0.15, 0.2) is 0 Å². The number of aryl methyl sites for hydroxylation is 3. The summed E-state index contributed by atoms with van der Waals surface area (Å²) in [5, 5.41) is 3.06. The molecule has 1 aromatic heterocycles. The van der Waals surface area contributed by atoms with Crippen LogP contribution in [0.5, 0.6) is 0 Å². The number of benzene rings is 3. The van der Waals surface area contributed by atoms with Crippen molar-refractivity contribution in [3.8, 4) is 0 Å². The van der Waals surface area contributed by atoms with E-state index in [1.807, 2.05) is 49.4 Å². The monoisotopic (exact) mass is 411 g/mol. The Labute approximate surface area is 183 Å². The first kappa shape index (κ1) is 20.9. The van der Waals surface area contributed by atoms with Crippen LogP contribution in [0.3, 0.4) is 0 Å². The fraction of sp³-hybridized carbons (Fsp3) is 0.259. The van der Waals surface area contributed by atoms with Gasteiger partial charge in [-0.1, -0.05) is 35.9 Å². The number of fused-ring (bicyclic) bond motifs is 1. The average molecular weight is 412 g/mol. The van der Waals surface area contributed by atoms with E-state index in [9.17, 15) is 4.79 Å². The van der Waals surface area contributed by atoms with Gasteiger partial charge in [-0.2, -0.15) is 0 Å². The normalized spacial score (nSPS) is 11.1. The van der Waals surface area contributed by atoms with Crippen LogP contribution < -0.4 is 5.32 Å². The summed E-state index contributed by atoms with van der Waals surface area (Å²) in [5.41, 5.74) is 10.3. The van der Waals surface area contributed by atoms with Crippen LogP contribution in [-0.2, 0) is 13.1 Å². The molecule has 0 fully saturated rings. The quantitative estimate of drug-likeness (QED) is 0.468. The molecule has 158 valence electrons. The van der Waals surface area contributed by atoms with Crippen molar-refractivity contribution in [2.75, 3.05) is 0 Å². The highest BCUT2D eigenvalue weighted by Crippen LogP contribution is 2.25. The maximum absolute atomic E-state index is 12.7. The lowest BCUT2D eigenvalue weighted by Crippen LogP contribution is -2.25. The number of nitrogens with zero attached hydrogens (tertiary/aromatic N) is 2. The van der Waals surface area contributed by atoms with Gasteiger partial charge in [0.05, 0.1) is 17.6 Å². The van der Waals surface area contributed by atoms with E-state index in [0.717, 1.165) is 29.0 Å². The molecule has 1 N–H and O–H groups in total. The molecule has 0 unspecified atom stereocenters. The zero-order chi connectivity index (χ0) is 22.1. The number of hydrogen-bond donors (Lipinski definition) is 1. The lowest BCUT2D eigenvalue weighted by molar-refractivity contribution is 0.0949. The smallest absolute Gasteiger partial charge is 0.251 e. The molecule has 4 heteroatoms. The molecule has 0 aliphatic heterocycles. The van der Waals surface area contributed by atoms with Crippen LogP contribution >= 0.6 is 0 Å². The summed E-state index contributed by atoms with van der Waals surface area (Å²) in [7, 11) is 0. The van der Waals surface area contributed by atoms with Gasteiger partial charge in [0, 0.05) is 12.1 Å². The first-order valence-corrected chi connectivity index (χ1v) is 10.7. The summed E-state index contributed by atoms with van der Waals surface area (Å²) in [6.45, 7) is 11.8. The Hall–Kier alpha value is -3.40. The van der Waals surface area contributed by atoms with Crippen LogP contribution in [0.25, 0.3) is 11.0 Å². The van der Waals surface area contributed by atoms with Crippen molar-refractivity contribution < 1.29 is 4.79 Å². The lowest BCUT2D eigenvalue weighted by Gasteiger charge is -2.18. The topological polar surface area (TPSA) is 46.9 Å². The van der Waals surface area contributed by atoms with Gasteiger partial charge in [0.2, 0.25) is 0 Å². The molecule has 0 atom stereocenters. The van der Waals surface area contributed by atoms with Gasteiger partial charge in [0.1, 0.15) is 5.82 Å². The zero-order valence-corrected chi connectivity index (χ0v) is 18.9. The molecule has 4 aromatic rings. The second-order valence-corrected chi connectivity index (χ2v) is 8.39. The van der Waals surface area contributed by atoms with Crippen molar-refractivity contribution in [1.29, 1.82) is 0 Å². The van der Waals surface area contributed by atoms with Gasteiger partial charge in [-0.3, -0.25) is 4.79 Å². The third kappa shape index (κ3) is 4.11. The van der Waals surface area contributed by atoms with Crippen LogP contribution in [0.15, 0.2) is 54.6 Å². The van der Waals surface area contributed by atoms with E-state index in [0.29, 0.717) is 12.1 Å². The van der Waals surface area contributed by atoms with Gasteiger partial charge in [0.25, 0.3) is 5.91 Å². The van der Waals surface area contributed by atoms with Crippen LogP contribution in [0.2, 0.25) is 0 Å². The zero-order valence-electron chi connectivity index (χ0n) is 18.9. The number of amides is 1. The van der Waals surface area contributed by atoms with E-state index in [1.54, 1.807) is 0 Å². The molecule has 1 amide bonds. The molecular formula is C27H29N3O. The minimum absolute atomic E-state index is 0.0823. The molecule has 1 heterocycles. The minimum atomic E-state index is -0.0823. The van der Waals surface area contributed by atoms with E-state index >= 15 is 0 Å². The van der Waals surface area contributed by atoms with Crippen molar-refractivity contribution in [2.45, 2.75) is 47.7 Å². The Morgan fingerprint density at radius 1 is 0.903 bits per heavy atom. The number of carbonyl (C=O) groups excluding carboxylic acids is 1. The molecule has 0 aliphatic rings. The molecule has 0 saturated carbocycles. The highest BCUT2D eigenvalue weighted by Gasteiger charge is 2.16. The van der Waals surface area contributed by atoms with E-state index < -0.39 is 0 Å². The predicted molar refractivity (Wildman–Crippen MR) is 127 cm³/mol. The predicted octanol–water partition coefficient (Wildman–Crippen LogP) is 5.56. The molecule has 0 bridgehead atoms. The second-order valence-electron chi connectivity index (χ2n) is 8.39. The van der Waals surface area contributed by atoms with Crippen molar-refractivity contribution >= 4 is 16.9 Å². The standard InChI is InChI=1S/C27H29N3O/c1-17-9-8-10-22(13-17)27(31)28-15-26-29-24-11-6-7-12-25(24)30(26)16-23-20(4)18(2)14-19(3)21(23)5/h6-14H,15-16H2,1-5H3,(H,28,31). The van der Waals surface area contributed by atoms with Crippen LogP contribution in [0.1, 0.15) is 49.6 Å². The van der Waals surface area contributed by atoms with Gasteiger partial charge in [-0.25, -0.2) is 4.98 Å². The summed E-state index contributed by atoms with van der Waals surface area (Å²) in [4.78, 5) is 17.5. The third-order valence-corrected chi connectivity index (χ3v) is 6.26. The van der Waals surface area contributed by atoms with Crippen LogP contribution in [0, 0.1) is 34.6 Å². The molecule has 0 saturated heterocycles. The Balaban J connectivity index is 1.70. The van der Waals surface area contributed by atoms with E-state index in [4.69, 9.17) is 4.98 Å². The SMILES string of the molecule is Cc1cccc(C(=O)NCc2nc3ccccc3n2Cc2c(C)c(C)cc(C)c2C)c1. The Kier molecular flexibility index (Phi) is 5.64. The number of para-hydroxylation sites is 2. The highest BCUT2D eigenvalue weighted by molar-refractivity contribution is 5.94. The summed E-state index contributed by atoms with van der Waals surface area (Å²) >= 11 is 0. The van der Waals surface area contributed by atoms with Crippen LogP contribution in [-0.4, -0.2) is 15.5 Å². The van der Waals surface area contributed by atoms with Gasteiger partial charge in [-0.05, 0) is 86.7 Å². The fourth-order valence-electron chi connectivity index (χ4n) is 4.18. The van der Waals surface area contributed by atoms with Gasteiger partial charge < -0.3 is 9.88 Å². The Morgan fingerprint density at radius 2 is 1.61 bits per heavy atom. The van der Waals surface area contributed by atoms with Gasteiger partial charge in [-0.15, -0.1) is 0 Å². The number of nitrogens with one attached hydrogen (secondary N) is 1. The number of carbonyl (C=O) groups is 1. The summed E-state index contributed by atoms with van der Waals surface area (Å²) < 4.78 is 2.24. The van der Waals surface area contributed by atoms with Crippen molar-refractivity contribution in [2.24, 2.45) is 0 Å². The maximum atomic E-state index is 12.7. The summed E-state index contributed by atoms with van der Waals surface area (Å²) in [5.74, 6) is 0.779.